The quantitative estimate of drug-likeness (QED) is 0.862. The van der Waals surface area contributed by atoms with Gasteiger partial charge in [-0.15, -0.1) is 0 Å². The van der Waals surface area contributed by atoms with Crippen LogP contribution in [0.4, 0.5) is 16.2 Å². The van der Waals surface area contributed by atoms with Crippen LogP contribution in [0.25, 0.3) is 0 Å². The number of carbonyl (C=O) groups is 1. The number of carbonyl (C=O) groups excluding carboxylic acids is 1. The topological polar surface area (TPSA) is 55.8 Å². The maximum atomic E-state index is 12.3. The smallest absolute Gasteiger partial charge is 0.321 e. The van der Waals surface area contributed by atoms with Gasteiger partial charge in [-0.25, -0.2) is 4.79 Å². The lowest BCUT2D eigenvalue weighted by Gasteiger charge is -2.31. The van der Waals surface area contributed by atoms with E-state index in [-0.39, 0.29) is 6.03 Å². The second kappa shape index (κ2) is 8.41. The van der Waals surface area contributed by atoms with Crippen molar-refractivity contribution in [2.45, 2.75) is 38.7 Å². The normalized spacial score (nSPS) is 16.1. The highest BCUT2D eigenvalue weighted by molar-refractivity contribution is 6.31. The molecular weight excluding hydrogens is 314 g/mol. The maximum absolute atomic E-state index is 12.3. The van der Waals surface area contributed by atoms with E-state index in [2.05, 4.69) is 10.2 Å². The minimum atomic E-state index is -0.416. The predicted molar refractivity (Wildman–Crippen MR) is 95.5 cm³/mol. The number of nitrogens with zero attached hydrogens (tertiary/aromatic N) is 2. The molecule has 0 saturated carbocycles. The van der Waals surface area contributed by atoms with E-state index in [1.807, 2.05) is 12.1 Å². The molecule has 0 aromatic heterocycles. The molecule has 1 aliphatic heterocycles. The molecule has 5 nitrogen and oxygen atoms in total. The van der Waals surface area contributed by atoms with Crippen molar-refractivity contribution >= 4 is 29.0 Å². The number of piperidine rings is 1. The second-order valence-electron chi connectivity index (χ2n) is 6.20. The van der Waals surface area contributed by atoms with Crippen LogP contribution in [0.2, 0.25) is 5.02 Å². The fourth-order valence-electron chi connectivity index (χ4n) is 2.71. The molecular formula is C17H26ClN3O2. The number of halogens is 1. The summed E-state index contributed by atoms with van der Waals surface area (Å²) in [5.41, 5.74) is 1.76. The summed E-state index contributed by atoms with van der Waals surface area (Å²) in [6.45, 7) is 4.23. The average Bonchev–Trinajstić information content (AvgIpc) is 2.53. The Bertz CT molecular complexity index is 531. The zero-order valence-corrected chi connectivity index (χ0v) is 14.6. The summed E-state index contributed by atoms with van der Waals surface area (Å²) >= 11 is 6.11. The van der Waals surface area contributed by atoms with Gasteiger partial charge in [0.2, 0.25) is 0 Å². The first-order chi connectivity index (χ1) is 11.0. The van der Waals surface area contributed by atoms with E-state index in [1.54, 1.807) is 24.9 Å². The summed E-state index contributed by atoms with van der Waals surface area (Å²) in [4.78, 5) is 16.2. The first kappa shape index (κ1) is 17.9. The molecule has 1 aromatic carbocycles. The van der Waals surface area contributed by atoms with Gasteiger partial charge < -0.3 is 20.2 Å². The van der Waals surface area contributed by atoms with Gasteiger partial charge in [0.25, 0.3) is 0 Å². The van der Waals surface area contributed by atoms with Crippen molar-refractivity contribution < 1.29 is 9.90 Å². The molecule has 0 radical (unpaired) electrons. The van der Waals surface area contributed by atoms with Gasteiger partial charge in [-0.05, 0) is 50.8 Å². The van der Waals surface area contributed by atoms with Crippen LogP contribution >= 0.6 is 11.6 Å². The van der Waals surface area contributed by atoms with Gasteiger partial charge in [0.1, 0.15) is 0 Å². The van der Waals surface area contributed by atoms with Gasteiger partial charge in [-0.2, -0.15) is 0 Å². The number of aliphatic hydroxyl groups is 1. The van der Waals surface area contributed by atoms with Crippen LogP contribution < -0.4 is 10.2 Å². The number of urea groups is 1. The van der Waals surface area contributed by atoms with Crippen molar-refractivity contribution in [2.24, 2.45) is 0 Å². The third kappa shape index (κ3) is 5.29. The summed E-state index contributed by atoms with van der Waals surface area (Å²) in [7, 11) is 1.73. The van der Waals surface area contributed by atoms with Crippen LogP contribution in [0.15, 0.2) is 18.2 Å². The van der Waals surface area contributed by atoms with E-state index in [0.717, 1.165) is 24.5 Å². The Morgan fingerprint density at radius 3 is 2.74 bits per heavy atom. The Morgan fingerprint density at radius 2 is 2.09 bits per heavy atom. The Kier molecular flexibility index (Phi) is 6.54. The predicted octanol–water partition coefficient (Wildman–Crippen LogP) is 3.56. The highest BCUT2D eigenvalue weighted by Gasteiger charge is 2.17. The van der Waals surface area contributed by atoms with Gasteiger partial charge in [0, 0.05) is 31.7 Å². The highest BCUT2D eigenvalue weighted by atomic mass is 35.5. The van der Waals surface area contributed by atoms with E-state index in [9.17, 15) is 9.90 Å². The second-order valence-corrected chi connectivity index (χ2v) is 6.64. The Balaban J connectivity index is 2.08. The summed E-state index contributed by atoms with van der Waals surface area (Å²) in [5.74, 6) is 0. The number of hydrogen-bond donors (Lipinski definition) is 2. The largest absolute Gasteiger partial charge is 0.393 e. The maximum Gasteiger partial charge on any atom is 0.321 e. The van der Waals surface area contributed by atoms with Crippen LogP contribution in [-0.4, -0.2) is 48.8 Å². The fourth-order valence-corrected chi connectivity index (χ4v) is 2.88. The number of amides is 2. The summed E-state index contributed by atoms with van der Waals surface area (Å²) in [5, 5.41) is 12.9. The zero-order valence-electron chi connectivity index (χ0n) is 13.9. The van der Waals surface area contributed by atoms with Gasteiger partial charge in [-0.3, -0.25) is 0 Å². The number of rotatable bonds is 5. The summed E-state index contributed by atoms with van der Waals surface area (Å²) in [6.07, 6.45) is 3.74. The third-order valence-electron chi connectivity index (χ3n) is 4.13. The molecule has 1 unspecified atom stereocenters. The van der Waals surface area contributed by atoms with E-state index >= 15 is 0 Å². The van der Waals surface area contributed by atoms with Crippen LogP contribution in [0.5, 0.6) is 0 Å². The molecule has 2 N–H and O–H groups in total. The molecule has 2 amide bonds. The molecule has 1 heterocycles. The average molecular weight is 340 g/mol. The number of nitrogens with one attached hydrogen (secondary N) is 1. The number of anilines is 2. The van der Waals surface area contributed by atoms with E-state index < -0.39 is 6.10 Å². The molecule has 6 heteroatoms. The van der Waals surface area contributed by atoms with Crippen LogP contribution in [0.1, 0.15) is 32.6 Å². The Labute approximate surface area is 143 Å². The third-order valence-corrected chi connectivity index (χ3v) is 4.36. The number of benzene rings is 1. The summed E-state index contributed by atoms with van der Waals surface area (Å²) < 4.78 is 0. The van der Waals surface area contributed by atoms with Crippen LogP contribution in [0.3, 0.4) is 0 Å². The van der Waals surface area contributed by atoms with Crippen molar-refractivity contribution in [3.05, 3.63) is 23.2 Å². The molecule has 1 aliphatic rings. The number of hydrogen-bond acceptors (Lipinski definition) is 3. The SMILES string of the molecule is CC(O)CCN(C)C(=O)Nc1cc(Cl)ccc1N1CCCCC1. The molecule has 23 heavy (non-hydrogen) atoms. The zero-order chi connectivity index (χ0) is 16.8. The van der Waals surface area contributed by atoms with Gasteiger partial charge in [0.15, 0.2) is 0 Å². The molecule has 128 valence electrons. The van der Waals surface area contributed by atoms with E-state index in [4.69, 9.17) is 11.6 Å². The molecule has 1 saturated heterocycles. The Morgan fingerprint density at radius 1 is 1.39 bits per heavy atom. The van der Waals surface area contributed by atoms with Crippen molar-refractivity contribution in [3.63, 3.8) is 0 Å². The summed E-state index contributed by atoms with van der Waals surface area (Å²) in [6, 6.07) is 5.44. The number of aliphatic hydroxyl groups excluding tert-OH is 1. The molecule has 1 fully saturated rings. The van der Waals surface area contributed by atoms with Gasteiger partial charge in [0.05, 0.1) is 17.5 Å². The monoisotopic (exact) mass is 339 g/mol. The van der Waals surface area contributed by atoms with E-state index in [0.29, 0.717) is 18.0 Å². The lowest BCUT2D eigenvalue weighted by atomic mass is 10.1. The van der Waals surface area contributed by atoms with E-state index in [1.165, 1.54) is 19.3 Å². The molecule has 0 aliphatic carbocycles. The molecule has 0 bridgehead atoms. The van der Waals surface area contributed by atoms with Crippen LogP contribution in [-0.2, 0) is 0 Å². The first-order valence-electron chi connectivity index (χ1n) is 8.22. The molecule has 1 atom stereocenters. The van der Waals surface area contributed by atoms with Crippen LogP contribution in [0, 0.1) is 0 Å². The first-order valence-corrected chi connectivity index (χ1v) is 8.60. The van der Waals surface area contributed by atoms with Crippen molar-refractivity contribution in [2.75, 3.05) is 36.9 Å². The van der Waals surface area contributed by atoms with Crippen molar-refractivity contribution in [1.29, 1.82) is 0 Å². The lowest BCUT2D eigenvalue weighted by molar-refractivity contribution is 0.167. The standard InChI is InChI=1S/C17H26ClN3O2/c1-13(22)8-11-20(2)17(23)19-15-12-14(18)6-7-16(15)21-9-4-3-5-10-21/h6-7,12-13,22H,3-5,8-11H2,1-2H3,(H,19,23). The minimum absolute atomic E-state index is 0.189. The lowest BCUT2D eigenvalue weighted by Crippen LogP contribution is -2.35. The fraction of sp³-hybridized carbons (Fsp3) is 0.588. The molecule has 0 spiro atoms. The highest BCUT2D eigenvalue weighted by Crippen LogP contribution is 2.31. The molecule has 2 rings (SSSR count). The minimum Gasteiger partial charge on any atom is -0.393 e. The molecule has 1 aromatic rings. The van der Waals surface area contributed by atoms with Gasteiger partial charge >= 0.3 is 6.03 Å². The van der Waals surface area contributed by atoms with Crippen molar-refractivity contribution in [1.82, 2.24) is 4.90 Å². The van der Waals surface area contributed by atoms with Gasteiger partial charge in [-0.1, -0.05) is 11.6 Å². The Hall–Kier alpha value is -1.46. The van der Waals surface area contributed by atoms with Crippen molar-refractivity contribution in [3.8, 4) is 0 Å².